The second-order valence-corrected chi connectivity index (χ2v) is 5.93. The zero-order chi connectivity index (χ0) is 11.7. The van der Waals surface area contributed by atoms with Crippen LogP contribution in [0.3, 0.4) is 0 Å². The maximum Gasteiger partial charge on any atom is 0.315 e. The summed E-state index contributed by atoms with van der Waals surface area (Å²) in [5, 5.41) is 9.67. The molecule has 0 aromatic heterocycles. The van der Waals surface area contributed by atoms with Crippen molar-refractivity contribution in [1.29, 1.82) is 0 Å². The van der Waals surface area contributed by atoms with Crippen LogP contribution in [0.5, 0.6) is 0 Å². The Balaban J connectivity index is 1.43. The maximum absolute atomic E-state index is 11.8. The molecule has 0 bridgehead atoms. The Labute approximate surface area is 103 Å². The Morgan fingerprint density at radius 3 is 2.47 bits per heavy atom. The van der Waals surface area contributed by atoms with Crippen LogP contribution in [0.2, 0.25) is 0 Å². The first-order valence-corrected chi connectivity index (χ1v) is 7.09. The molecule has 0 radical (unpaired) electrons. The van der Waals surface area contributed by atoms with Gasteiger partial charge in [-0.25, -0.2) is 4.79 Å². The van der Waals surface area contributed by atoms with Gasteiger partial charge in [-0.2, -0.15) is 0 Å². The lowest BCUT2D eigenvalue weighted by molar-refractivity contribution is 0.206. The summed E-state index contributed by atoms with van der Waals surface area (Å²) in [7, 11) is 0. The molecule has 3 N–H and O–H groups in total. The fraction of sp³-hybridized carbons (Fsp3) is 0.923. The van der Waals surface area contributed by atoms with Gasteiger partial charge in [0, 0.05) is 12.1 Å². The topological polar surface area (TPSA) is 53.2 Å². The summed E-state index contributed by atoms with van der Waals surface area (Å²) >= 11 is 0. The number of carbonyl (C=O) groups is 1. The summed E-state index contributed by atoms with van der Waals surface area (Å²) in [5.41, 5.74) is 0. The van der Waals surface area contributed by atoms with E-state index in [2.05, 4.69) is 16.0 Å². The van der Waals surface area contributed by atoms with Crippen LogP contribution in [0.4, 0.5) is 4.79 Å². The van der Waals surface area contributed by atoms with Crippen molar-refractivity contribution in [2.45, 2.75) is 50.6 Å². The molecule has 3 rings (SSSR count). The van der Waals surface area contributed by atoms with Gasteiger partial charge in [0.25, 0.3) is 0 Å². The lowest BCUT2D eigenvalue weighted by Gasteiger charge is -2.33. The van der Waals surface area contributed by atoms with Gasteiger partial charge in [0.1, 0.15) is 0 Å². The third-order valence-corrected chi connectivity index (χ3v) is 4.73. The first-order chi connectivity index (χ1) is 8.31. The highest BCUT2D eigenvalue weighted by molar-refractivity contribution is 5.74. The van der Waals surface area contributed by atoms with E-state index in [0.29, 0.717) is 12.1 Å². The summed E-state index contributed by atoms with van der Waals surface area (Å²) < 4.78 is 0. The molecule has 1 heterocycles. The van der Waals surface area contributed by atoms with Crippen LogP contribution >= 0.6 is 0 Å². The normalized spacial score (nSPS) is 37.1. The van der Waals surface area contributed by atoms with Crippen LogP contribution in [-0.4, -0.2) is 31.2 Å². The zero-order valence-corrected chi connectivity index (χ0v) is 10.4. The largest absolute Gasteiger partial charge is 0.335 e. The van der Waals surface area contributed by atoms with Crippen molar-refractivity contribution in [3.05, 3.63) is 0 Å². The summed E-state index contributed by atoms with van der Waals surface area (Å²) in [6.07, 6.45) is 7.17. The molecule has 3 fully saturated rings. The van der Waals surface area contributed by atoms with Crippen molar-refractivity contribution in [1.82, 2.24) is 16.0 Å². The van der Waals surface area contributed by atoms with Crippen molar-refractivity contribution in [3.8, 4) is 0 Å². The van der Waals surface area contributed by atoms with E-state index in [4.69, 9.17) is 0 Å². The van der Waals surface area contributed by atoms with E-state index in [1.54, 1.807) is 0 Å². The Morgan fingerprint density at radius 2 is 1.71 bits per heavy atom. The number of fused-ring (bicyclic) bond motifs is 1. The Hall–Kier alpha value is -0.770. The molecule has 0 aromatic carbocycles. The third-order valence-electron chi connectivity index (χ3n) is 4.73. The van der Waals surface area contributed by atoms with Crippen molar-refractivity contribution >= 4 is 6.03 Å². The summed E-state index contributed by atoms with van der Waals surface area (Å²) in [6, 6.07) is 0.903. The lowest BCUT2D eigenvalue weighted by Crippen LogP contribution is -2.50. The second-order valence-electron chi connectivity index (χ2n) is 5.93. The molecule has 96 valence electrons. The number of rotatable bonds is 2. The Bertz CT molecular complexity index is 290. The van der Waals surface area contributed by atoms with Crippen molar-refractivity contribution in [2.24, 2.45) is 11.8 Å². The molecule has 3 atom stereocenters. The molecule has 17 heavy (non-hydrogen) atoms. The minimum absolute atomic E-state index is 0.0594. The predicted molar refractivity (Wildman–Crippen MR) is 66.8 cm³/mol. The van der Waals surface area contributed by atoms with Gasteiger partial charge in [-0.05, 0) is 63.5 Å². The third kappa shape index (κ3) is 2.57. The zero-order valence-electron chi connectivity index (χ0n) is 10.4. The molecule has 4 heteroatoms. The van der Waals surface area contributed by atoms with Crippen LogP contribution in [0.1, 0.15) is 38.5 Å². The van der Waals surface area contributed by atoms with Gasteiger partial charge in [-0.3, -0.25) is 0 Å². The highest BCUT2D eigenvalue weighted by Gasteiger charge is 2.34. The van der Waals surface area contributed by atoms with Crippen molar-refractivity contribution in [2.75, 3.05) is 13.1 Å². The first-order valence-electron chi connectivity index (χ1n) is 7.09. The van der Waals surface area contributed by atoms with Gasteiger partial charge in [-0.1, -0.05) is 0 Å². The summed E-state index contributed by atoms with van der Waals surface area (Å²) in [5.74, 6) is 1.65. The van der Waals surface area contributed by atoms with E-state index in [-0.39, 0.29) is 6.03 Å². The number of hydrogen-bond donors (Lipinski definition) is 3. The monoisotopic (exact) mass is 237 g/mol. The van der Waals surface area contributed by atoms with Crippen LogP contribution < -0.4 is 16.0 Å². The molecule has 1 unspecified atom stereocenters. The van der Waals surface area contributed by atoms with E-state index in [9.17, 15) is 4.79 Å². The lowest BCUT2D eigenvalue weighted by atomic mass is 9.79. The van der Waals surface area contributed by atoms with Gasteiger partial charge in [0.15, 0.2) is 0 Å². The molecule has 0 spiro atoms. The molecular formula is C13H23N3O. The fourth-order valence-corrected chi connectivity index (χ4v) is 3.40. The van der Waals surface area contributed by atoms with Crippen LogP contribution in [0.15, 0.2) is 0 Å². The van der Waals surface area contributed by atoms with Crippen LogP contribution in [0, 0.1) is 11.8 Å². The van der Waals surface area contributed by atoms with E-state index < -0.39 is 0 Å². The standard InChI is InChI=1S/C13H23N3O/c17-13(15-11-2-1-3-11)16-12-5-4-9-7-14-8-10(9)6-12/h9-12,14H,1-8H2,(H2,15,16,17)/t9-,10+,12?/m0/s1. The van der Waals surface area contributed by atoms with E-state index in [1.165, 1.54) is 19.4 Å². The number of nitrogens with one attached hydrogen (secondary N) is 3. The van der Waals surface area contributed by atoms with Crippen molar-refractivity contribution < 1.29 is 4.79 Å². The SMILES string of the molecule is O=C(NC1CCC1)NC1CC[C@H]2CNC[C@H]2C1. The van der Waals surface area contributed by atoms with Crippen molar-refractivity contribution in [3.63, 3.8) is 0 Å². The van der Waals surface area contributed by atoms with Crippen LogP contribution in [-0.2, 0) is 0 Å². The summed E-state index contributed by atoms with van der Waals surface area (Å²) in [4.78, 5) is 11.8. The fourth-order valence-electron chi connectivity index (χ4n) is 3.40. The predicted octanol–water partition coefficient (Wildman–Crippen LogP) is 1.23. The maximum atomic E-state index is 11.8. The molecule has 0 aromatic rings. The molecule has 2 saturated carbocycles. The molecule has 1 aliphatic heterocycles. The van der Waals surface area contributed by atoms with Gasteiger partial charge >= 0.3 is 6.03 Å². The molecule has 3 aliphatic rings. The highest BCUT2D eigenvalue weighted by Crippen LogP contribution is 2.32. The molecule has 2 amide bonds. The molecule has 2 aliphatic carbocycles. The Morgan fingerprint density at radius 1 is 0.941 bits per heavy atom. The van der Waals surface area contributed by atoms with Gasteiger partial charge in [-0.15, -0.1) is 0 Å². The average Bonchev–Trinajstić information content (AvgIpc) is 2.71. The highest BCUT2D eigenvalue weighted by atomic mass is 16.2. The smallest absolute Gasteiger partial charge is 0.315 e. The van der Waals surface area contributed by atoms with E-state index in [0.717, 1.165) is 44.1 Å². The number of carbonyl (C=O) groups excluding carboxylic acids is 1. The minimum atomic E-state index is 0.0594. The molecule has 4 nitrogen and oxygen atoms in total. The van der Waals surface area contributed by atoms with E-state index in [1.807, 2.05) is 0 Å². The number of urea groups is 1. The molecular weight excluding hydrogens is 214 g/mol. The average molecular weight is 237 g/mol. The summed E-state index contributed by atoms with van der Waals surface area (Å²) in [6.45, 7) is 2.33. The second kappa shape index (κ2) is 4.84. The number of hydrogen-bond acceptors (Lipinski definition) is 2. The van der Waals surface area contributed by atoms with Gasteiger partial charge < -0.3 is 16.0 Å². The Kier molecular flexibility index (Phi) is 3.23. The quantitative estimate of drug-likeness (QED) is 0.676. The minimum Gasteiger partial charge on any atom is -0.335 e. The molecule has 1 saturated heterocycles. The van der Waals surface area contributed by atoms with Gasteiger partial charge in [0.2, 0.25) is 0 Å². The van der Waals surface area contributed by atoms with Gasteiger partial charge in [0.05, 0.1) is 0 Å². The number of amides is 2. The van der Waals surface area contributed by atoms with Crippen LogP contribution in [0.25, 0.3) is 0 Å². The first kappa shape index (κ1) is 11.3. The van der Waals surface area contributed by atoms with E-state index >= 15 is 0 Å².